The summed E-state index contributed by atoms with van der Waals surface area (Å²) in [4.78, 5) is 11.7. The van der Waals surface area contributed by atoms with Gasteiger partial charge in [0, 0.05) is 13.0 Å². The first-order valence-corrected chi connectivity index (χ1v) is 4.56. The lowest BCUT2D eigenvalue weighted by atomic mass is 10.1. The fourth-order valence-electron chi connectivity index (χ4n) is 1.50. The molecule has 2 heterocycles. The number of Topliss-reactive ketones (excluding diaryl/α,β-unsaturated/α-hetero) is 1. The van der Waals surface area contributed by atoms with Gasteiger partial charge in [-0.3, -0.25) is 4.79 Å². The van der Waals surface area contributed by atoms with Crippen LogP contribution in [0.2, 0.25) is 0 Å². The maximum Gasteiger partial charge on any atom is 0.216 e. The predicted octanol–water partition coefficient (Wildman–Crippen LogP) is -0.152. The Bertz CT molecular complexity index is 231. The molecule has 13 heavy (non-hydrogen) atoms. The molecule has 4 nitrogen and oxygen atoms in total. The van der Waals surface area contributed by atoms with Crippen molar-refractivity contribution >= 4 is 5.78 Å². The third-order valence-corrected chi connectivity index (χ3v) is 2.19. The van der Waals surface area contributed by atoms with E-state index >= 15 is 0 Å². The van der Waals surface area contributed by atoms with Gasteiger partial charge in [0.05, 0.1) is 25.9 Å². The van der Waals surface area contributed by atoms with Gasteiger partial charge in [0.1, 0.15) is 0 Å². The Hall–Kier alpha value is -0.870. The number of carbonyl (C=O) groups is 1. The summed E-state index contributed by atoms with van der Waals surface area (Å²) in [5.41, 5.74) is 0. The molecule has 1 atom stereocenters. The lowest BCUT2D eigenvalue weighted by Gasteiger charge is -2.22. The second-order valence-corrected chi connectivity index (χ2v) is 3.15. The molecule has 0 aromatic carbocycles. The average Bonchev–Trinajstić information content (AvgIpc) is 2.71. The van der Waals surface area contributed by atoms with Crippen LogP contribution in [-0.2, 0) is 14.3 Å². The lowest BCUT2D eigenvalue weighted by Crippen LogP contribution is -2.47. The molecule has 0 saturated carbocycles. The van der Waals surface area contributed by atoms with Gasteiger partial charge in [-0.2, -0.15) is 0 Å². The molecular weight excluding hydrogens is 170 g/mol. The summed E-state index contributed by atoms with van der Waals surface area (Å²) in [5.74, 6) is 0.528. The first-order valence-electron chi connectivity index (χ1n) is 4.56. The van der Waals surface area contributed by atoms with E-state index in [0.29, 0.717) is 25.6 Å². The van der Waals surface area contributed by atoms with Gasteiger partial charge in [-0.25, -0.2) is 0 Å². The summed E-state index contributed by atoms with van der Waals surface area (Å²) in [6.45, 7) is 2.52. The molecule has 1 unspecified atom stereocenters. The van der Waals surface area contributed by atoms with Gasteiger partial charge in [0.15, 0.2) is 5.76 Å². The van der Waals surface area contributed by atoms with Gasteiger partial charge >= 0.3 is 0 Å². The van der Waals surface area contributed by atoms with Crippen LogP contribution in [0.25, 0.3) is 0 Å². The van der Waals surface area contributed by atoms with E-state index in [1.165, 1.54) is 0 Å². The minimum absolute atomic E-state index is 0.0252. The predicted molar refractivity (Wildman–Crippen MR) is 46.3 cm³/mol. The van der Waals surface area contributed by atoms with Gasteiger partial charge in [-0.05, 0) is 6.08 Å². The van der Waals surface area contributed by atoms with Gasteiger partial charge in [0.2, 0.25) is 5.78 Å². The van der Waals surface area contributed by atoms with Crippen LogP contribution in [0.1, 0.15) is 6.42 Å². The van der Waals surface area contributed by atoms with Crippen molar-refractivity contribution in [1.82, 2.24) is 5.32 Å². The number of ketones is 1. The molecule has 0 bridgehead atoms. The van der Waals surface area contributed by atoms with Gasteiger partial charge in [0.25, 0.3) is 0 Å². The van der Waals surface area contributed by atoms with Crippen LogP contribution in [0.5, 0.6) is 0 Å². The first kappa shape index (κ1) is 8.72. The van der Waals surface area contributed by atoms with Crippen molar-refractivity contribution < 1.29 is 14.3 Å². The molecule has 4 heteroatoms. The van der Waals surface area contributed by atoms with E-state index in [2.05, 4.69) is 5.32 Å². The quantitative estimate of drug-likeness (QED) is 0.646. The van der Waals surface area contributed by atoms with E-state index < -0.39 is 0 Å². The molecule has 0 amide bonds. The summed E-state index contributed by atoms with van der Waals surface area (Å²) < 4.78 is 10.4. The summed E-state index contributed by atoms with van der Waals surface area (Å²) in [6, 6.07) is -0.210. The molecule has 2 aliphatic heterocycles. The third kappa shape index (κ3) is 1.89. The maximum absolute atomic E-state index is 11.7. The van der Waals surface area contributed by atoms with Crippen LogP contribution < -0.4 is 5.32 Å². The van der Waals surface area contributed by atoms with E-state index in [1.54, 1.807) is 0 Å². The molecule has 0 radical (unpaired) electrons. The topological polar surface area (TPSA) is 47.6 Å². The lowest BCUT2D eigenvalue weighted by molar-refractivity contribution is -0.123. The Morgan fingerprint density at radius 2 is 2.46 bits per heavy atom. The highest BCUT2D eigenvalue weighted by Gasteiger charge is 2.26. The molecule has 2 rings (SSSR count). The molecule has 1 N–H and O–H groups in total. The summed E-state index contributed by atoms with van der Waals surface area (Å²) >= 11 is 0. The SMILES string of the molecule is O=C(C1=CCCO1)C1COCCN1. The van der Waals surface area contributed by atoms with Crippen molar-refractivity contribution in [2.45, 2.75) is 12.5 Å². The highest BCUT2D eigenvalue weighted by Crippen LogP contribution is 2.12. The van der Waals surface area contributed by atoms with E-state index in [1.807, 2.05) is 6.08 Å². The molecule has 72 valence electrons. The normalized spacial score (nSPS) is 28.0. The van der Waals surface area contributed by atoms with Crippen molar-refractivity contribution in [3.8, 4) is 0 Å². The van der Waals surface area contributed by atoms with Crippen molar-refractivity contribution in [2.75, 3.05) is 26.4 Å². The van der Waals surface area contributed by atoms with Crippen molar-refractivity contribution in [3.05, 3.63) is 11.8 Å². The van der Waals surface area contributed by atoms with Crippen LogP contribution in [0.15, 0.2) is 11.8 Å². The number of carbonyl (C=O) groups excluding carboxylic acids is 1. The van der Waals surface area contributed by atoms with Crippen molar-refractivity contribution in [2.24, 2.45) is 0 Å². The molecule has 0 spiro atoms. The average molecular weight is 183 g/mol. The summed E-state index contributed by atoms with van der Waals surface area (Å²) in [7, 11) is 0. The molecule has 0 aromatic rings. The second kappa shape index (κ2) is 3.89. The third-order valence-electron chi connectivity index (χ3n) is 2.19. The number of rotatable bonds is 2. The molecule has 1 saturated heterocycles. The van der Waals surface area contributed by atoms with Crippen LogP contribution in [0.3, 0.4) is 0 Å². The van der Waals surface area contributed by atoms with E-state index in [9.17, 15) is 4.79 Å². The maximum atomic E-state index is 11.7. The molecule has 0 aromatic heterocycles. The number of ether oxygens (including phenoxy) is 2. The number of hydrogen-bond acceptors (Lipinski definition) is 4. The number of nitrogens with one attached hydrogen (secondary N) is 1. The highest BCUT2D eigenvalue weighted by atomic mass is 16.5. The van der Waals surface area contributed by atoms with E-state index in [0.717, 1.165) is 13.0 Å². The van der Waals surface area contributed by atoms with Crippen molar-refractivity contribution in [3.63, 3.8) is 0 Å². The van der Waals surface area contributed by atoms with Crippen LogP contribution >= 0.6 is 0 Å². The Balaban J connectivity index is 1.94. The summed E-state index contributed by atoms with van der Waals surface area (Å²) in [5, 5.41) is 3.10. The Morgan fingerprint density at radius 3 is 3.08 bits per heavy atom. The van der Waals surface area contributed by atoms with Gasteiger partial charge < -0.3 is 14.8 Å². The second-order valence-electron chi connectivity index (χ2n) is 3.15. The Labute approximate surface area is 76.9 Å². The number of hydrogen-bond donors (Lipinski definition) is 1. The standard InChI is InChI=1S/C9H13NO3/c11-9(8-2-1-4-13-8)7-6-12-5-3-10-7/h2,7,10H,1,3-6H2. The highest BCUT2D eigenvalue weighted by molar-refractivity contribution is 5.98. The van der Waals surface area contributed by atoms with E-state index in [-0.39, 0.29) is 11.8 Å². The smallest absolute Gasteiger partial charge is 0.216 e. The molecule has 1 fully saturated rings. The van der Waals surface area contributed by atoms with Crippen LogP contribution in [0.4, 0.5) is 0 Å². The van der Waals surface area contributed by atoms with Crippen LogP contribution in [-0.4, -0.2) is 38.2 Å². The summed E-state index contributed by atoms with van der Waals surface area (Å²) in [6.07, 6.45) is 2.69. The Kier molecular flexibility index (Phi) is 2.61. The zero-order valence-corrected chi connectivity index (χ0v) is 7.41. The zero-order valence-electron chi connectivity index (χ0n) is 7.41. The first-order chi connectivity index (χ1) is 6.38. The minimum atomic E-state index is -0.210. The van der Waals surface area contributed by atoms with Crippen molar-refractivity contribution in [1.29, 1.82) is 0 Å². The number of morpholine rings is 1. The molecule has 0 aliphatic carbocycles. The van der Waals surface area contributed by atoms with Crippen LogP contribution in [0, 0.1) is 0 Å². The van der Waals surface area contributed by atoms with E-state index in [4.69, 9.17) is 9.47 Å². The fourth-order valence-corrected chi connectivity index (χ4v) is 1.50. The van der Waals surface area contributed by atoms with Gasteiger partial charge in [-0.15, -0.1) is 0 Å². The zero-order chi connectivity index (χ0) is 9.10. The molecular formula is C9H13NO3. The fraction of sp³-hybridized carbons (Fsp3) is 0.667. The minimum Gasteiger partial charge on any atom is -0.490 e. The molecule has 2 aliphatic rings. The largest absolute Gasteiger partial charge is 0.490 e. The Morgan fingerprint density at radius 1 is 1.54 bits per heavy atom. The monoisotopic (exact) mass is 183 g/mol. The van der Waals surface area contributed by atoms with Gasteiger partial charge in [-0.1, -0.05) is 0 Å².